The molecular weight excluding hydrogens is 214 g/mol. The highest BCUT2D eigenvalue weighted by atomic mass is 16.2. The van der Waals surface area contributed by atoms with Crippen molar-refractivity contribution < 1.29 is 4.79 Å². The van der Waals surface area contributed by atoms with E-state index in [0.717, 1.165) is 45.7 Å². The normalized spacial score (nSPS) is 17.4. The molecule has 4 heteroatoms. The lowest BCUT2D eigenvalue weighted by Gasteiger charge is -2.27. The lowest BCUT2D eigenvalue weighted by atomic mass is 10.2. The van der Waals surface area contributed by atoms with Crippen molar-refractivity contribution in [3.05, 3.63) is 0 Å². The van der Waals surface area contributed by atoms with Gasteiger partial charge in [0.25, 0.3) is 0 Å². The molecule has 1 fully saturated rings. The maximum absolute atomic E-state index is 11.8. The molecule has 0 spiro atoms. The standard InChI is InChI=1S/C13H27N3O/c1-12(2)11-15(3)13(17)5-4-8-16-9-6-14-7-10-16/h12,14H,4-11H2,1-3H3. The molecule has 100 valence electrons. The zero-order valence-electron chi connectivity index (χ0n) is 11.5. The third-order valence-corrected chi connectivity index (χ3v) is 3.14. The van der Waals surface area contributed by atoms with E-state index >= 15 is 0 Å². The fourth-order valence-corrected chi connectivity index (χ4v) is 2.23. The first kappa shape index (κ1) is 14.5. The number of piperazine rings is 1. The molecule has 0 saturated carbocycles. The van der Waals surface area contributed by atoms with Crippen molar-refractivity contribution in [3.8, 4) is 0 Å². The summed E-state index contributed by atoms with van der Waals surface area (Å²) < 4.78 is 0. The first-order valence-corrected chi connectivity index (χ1v) is 6.76. The summed E-state index contributed by atoms with van der Waals surface area (Å²) >= 11 is 0. The first-order chi connectivity index (χ1) is 8.09. The summed E-state index contributed by atoms with van der Waals surface area (Å²) in [6.07, 6.45) is 1.68. The molecule has 0 radical (unpaired) electrons. The first-order valence-electron chi connectivity index (χ1n) is 6.76. The number of hydrogen-bond acceptors (Lipinski definition) is 3. The summed E-state index contributed by atoms with van der Waals surface area (Å²) in [7, 11) is 1.91. The molecule has 0 aliphatic carbocycles. The van der Waals surface area contributed by atoms with Crippen LogP contribution in [0.1, 0.15) is 26.7 Å². The number of carbonyl (C=O) groups is 1. The van der Waals surface area contributed by atoms with E-state index in [1.165, 1.54) is 0 Å². The molecule has 0 aromatic carbocycles. The summed E-state index contributed by atoms with van der Waals surface area (Å²) in [6.45, 7) is 10.6. The molecule has 1 amide bonds. The van der Waals surface area contributed by atoms with Gasteiger partial charge in [0, 0.05) is 46.2 Å². The smallest absolute Gasteiger partial charge is 0.222 e. The van der Waals surface area contributed by atoms with E-state index in [4.69, 9.17) is 0 Å². The van der Waals surface area contributed by atoms with Crippen LogP contribution in [-0.4, -0.2) is 62.0 Å². The van der Waals surface area contributed by atoms with Gasteiger partial charge in [-0.2, -0.15) is 0 Å². The van der Waals surface area contributed by atoms with E-state index in [2.05, 4.69) is 24.1 Å². The Labute approximate surface area is 105 Å². The molecule has 0 aromatic rings. The van der Waals surface area contributed by atoms with Gasteiger partial charge in [-0.25, -0.2) is 0 Å². The van der Waals surface area contributed by atoms with Gasteiger partial charge in [-0.15, -0.1) is 0 Å². The summed E-state index contributed by atoms with van der Waals surface area (Å²) in [5.74, 6) is 0.839. The minimum absolute atomic E-state index is 0.286. The molecule has 0 unspecified atom stereocenters. The maximum Gasteiger partial charge on any atom is 0.222 e. The largest absolute Gasteiger partial charge is 0.346 e. The summed E-state index contributed by atoms with van der Waals surface area (Å²) in [5.41, 5.74) is 0. The Bertz CT molecular complexity index is 225. The lowest BCUT2D eigenvalue weighted by molar-refractivity contribution is -0.130. The van der Waals surface area contributed by atoms with Crippen LogP contribution >= 0.6 is 0 Å². The molecule has 1 saturated heterocycles. The van der Waals surface area contributed by atoms with Gasteiger partial charge in [-0.1, -0.05) is 13.8 Å². The number of rotatable bonds is 6. The number of amides is 1. The SMILES string of the molecule is CC(C)CN(C)C(=O)CCCN1CCNCC1. The average Bonchev–Trinajstić information content (AvgIpc) is 2.29. The molecule has 1 heterocycles. The van der Waals surface area contributed by atoms with Crippen LogP contribution in [0.3, 0.4) is 0 Å². The van der Waals surface area contributed by atoms with Gasteiger partial charge in [0.15, 0.2) is 0 Å². The monoisotopic (exact) mass is 241 g/mol. The number of nitrogens with one attached hydrogen (secondary N) is 1. The Balaban J connectivity index is 2.10. The van der Waals surface area contributed by atoms with Gasteiger partial charge >= 0.3 is 0 Å². The Morgan fingerprint density at radius 1 is 1.35 bits per heavy atom. The van der Waals surface area contributed by atoms with E-state index in [-0.39, 0.29) is 5.91 Å². The van der Waals surface area contributed by atoms with E-state index in [1.807, 2.05) is 11.9 Å². The quantitative estimate of drug-likeness (QED) is 0.747. The van der Waals surface area contributed by atoms with Gasteiger partial charge in [-0.3, -0.25) is 4.79 Å². The lowest BCUT2D eigenvalue weighted by Crippen LogP contribution is -2.44. The average molecular weight is 241 g/mol. The van der Waals surface area contributed by atoms with Crippen LogP contribution in [0.2, 0.25) is 0 Å². The summed E-state index contributed by atoms with van der Waals surface area (Å²) in [6, 6.07) is 0. The molecule has 0 bridgehead atoms. The van der Waals surface area contributed by atoms with E-state index < -0.39 is 0 Å². The van der Waals surface area contributed by atoms with Crippen LogP contribution in [-0.2, 0) is 4.79 Å². The highest BCUT2D eigenvalue weighted by Crippen LogP contribution is 2.02. The van der Waals surface area contributed by atoms with Crippen molar-refractivity contribution in [1.82, 2.24) is 15.1 Å². The Hall–Kier alpha value is -0.610. The van der Waals surface area contributed by atoms with Crippen molar-refractivity contribution in [2.45, 2.75) is 26.7 Å². The number of nitrogens with zero attached hydrogens (tertiary/aromatic N) is 2. The number of hydrogen-bond donors (Lipinski definition) is 1. The topological polar surface area (TPSA) is 35.6 Å². The number of carbonyl (C=O) groups excluding carboxylic acids is 1. The molecule has 0 aromatic heterocycles. The van der Waals surface area contributed by atoms with Crippen molar-refractivity contribution >= 4 is 5.91 Å². The molecule has 17 heavy (non-hydrogen) atoms. The molecule has 1 N–H and O–H groups in total. The molecular formula is C13H27N3O. The Kier molecular flexibility index (Phi) is 6.52. The van der Waals surface area contributed by atoms with Crippen LogP contribution in [0.15, 0.2) is 0 Å². The second kappa shape index (κ2) is 7.67. The van der Waals surface area contributed by atoms with Crippen LogP contribution < -0.4 is 5.32 Å². The summed E-state index contributed by atoms with van der Waals surface area (Å²) in [4.78, 5) is 16.1. The van der Waals surface area contributed by atoms with Crippen molar-refractivity contribution in [2.24, 2.45) is 5.92 Å². The Morgan fingerprint density at radius 2 is 2.00 bits per heavy atom. The van der Waals surface area contributed by atoms with E-state index in [1.54, 1.807) is 0 Å². The van der Waals surface area contributed by atoms with Crippen molar-refractivity contribution in [2.75, 3.05) is 46.3 Å². The van der Waals surface area contributed by atoms with E-state index in [9.17, 15) is 4.79 Å². The summed E-state index contributed by atoms with van der Waals surface area (Å²) in [5, 5.41) is 3.34. The zero-order valence-corrected chi connectivity index (χ0v) is 11.5. The van der Waals surface area contributed by atoms with E-state index in [0.29, 0.717) is 12.3 Å². The predicted octanol–water partition coefficient (Wildman–Crippen LogP) is 0.786. The molecule has 1 aliphatic heterocycles. The van der Waals surface area contributed by atoms with Gasteiger partial charge in [0.1, 0.15) is 0 Å². The van der Waals surface area contributed by atoms with Gasteiger partial charge in [0.05, 0.1) is 0 Å². The van der Waals surface area contributed by atoms with Gasteiger partial charge < -0.3 is 15.1 Å². The maximum atomic E-state index is 11.8. The molecule has 1 aliphatic rings. The molecule has 4 nitrogen and oxygen atoms in total. The fraction of sp³-hybridized carbons (Fsp3) is 0.923. The minimum atomic E-state index is 0.286. The van der Waals surface area contributed by atoms with Crippen LogP contribution in [0, 0.1) is 5.92 Å². The second-order valence-corrected chi connectivity index (χ2v) is 5.36. The predicted molar refractivity (Wildman–Crippen MR) is 71.0 cm³/mol. The Morgan fingerprint density at radius 3 is 2.59 bits per heavy atom. The fourth-order valence-electron chi connectivity index (χ4n) is 2.23. The minimum Gasteiger partial charge on any atom is -0.346 e. The zero-order chi connectivity index (χ0) is 12.7. The highest BCUT2D eigenvalue weighted by molar-refractivity contribution is 5.75. The highest BCUT2D eigenvalue weighted by Gasteiger charge is 2.12. The molecule has 0 atom stereocenters. The van der Waals surface area contributed by atoms with Crippen LogP contribution in [0.5, 0.6) is 0 Å². The van der Waals surface area contributed by atoms with Crippen LogP contribution in [0.4, 0.5) is 0 Å². The van der Waals surface area contributed by atoms with Crippen LogP contribution in [0.25, 0.3) is 0 Å². The molecule has 1 rings (SSSR count). The third-order valence-electron chi connectivity index (χ3n) is 3.14. The second-order valence-electron chi connectivity index (χ2n) is 5.36. The van der Waals surface area contributed by atoms with Gasteiger partial charge in [-0.05, 0) is 18.9 Å². The van der Waals surface area contributed by atoms with Gasteiger partial charge in [0.2, 0.25) is 5.91 Å². The third kappa shape index (κ3) is 6.03. The van der Waals surface area contributed by atoms with Crippen molar-refractivity contribution in [1.29, 1.82) is 0 Å². The van der Waals surface area contributed by atoms with Crippen molar-refractivity contribution in [3.63, 3.8) is 0 Å².